The highest BCUT2D eigenvalue weighted by Crippen LogP contribution is 2.24. The second-order valence-corrected chi connectivity index (χ2v) is 10.0. The summed E-state index contributed by atoms with van der Waals surface area (Å²) in [5.41, 5.74) is 6.38. The summed E-state index contributed by atoms with van der Waals surface area (Å²) in [5, 5.41) is 18.0. The summed E-state index contributed by atoms with van der Waals surface area (Å²) < 4.78 is 0. The Labute approximate surface area is 220 Å². The molecule has 0 saturated carbocycles. The maximum atomic E-state index is 14.0. The zero-order valence-corrected chi connectivity index (χ0v) is 22.1. The summed E-state index contributed by atoms with van der Waals surface area (Å²) in [6, 6.07) is 12.3. The Kier molecular flexibility index (Phi) is 11.0. The van der Waals surface area contributed by atoms with E-state index < -0.39 is 24.1 Å². The molecule has 2 aromatic carbocycles. The highest BCUT2D eigenvalue weighted by Gasteiger charge is 2.41. The van der Waals surface area contributed by atoms with Crippen LogP contribution in [0.2, 0.25) is 0 Å². The monoisotopic (exact) mass is 510 g/mol. The van der Waals surface area contributed by atoms with Crippen LogP contribution in [0.1, 0.15) is 57.9 Å². The van der Waals surface area contributed by atoms with Gasteiger partial charge < -0.3 is 21.5 Å². The zero-order valence-electron chi connectivity index (χ0n) is 22.1. The summed E-state index contributed by atoms with van der Waals surface area (Å²) >= 11 is 0. The summed E-state index contributed by atoms with van der Waals surface area (Å²) in [5.74, 6) is -1.43. The van der Waals surface area contributed by atoms with Crippen molar-refractivity contribution in [1.29, 1.82) is 0 Å². The Morgan fingerprint density at radius 3 is 2.43 bits per heavy atom. The van der Waals surface area contributed by atoms with Crippen LogP contribution in [0.5, 0.6) is 0 Å². The molecule has 8 heteroatoms. The molecule has 3 rings (SSSR count). The summed E-state index contributed by atoms with van der Waals surface area (Å²) in [6.07, 6.45) is 3.69. The number of aliphatic hydroxyl groups is 1. The molecular weight excluding hydrogens is 468 g/mol. The van der Waals surface area contributed by atoms with Gasteiger partial charge >= 0.3 is 0 Å². The van der Waals surface area contributed by atoms with E-state index in [4.69, 9.17) is 5.73 Å². The van der Waals surface area contributed by atoms with E-state index in [0.29, 0.717) is 25.8 Å². The van der Waals surface area contributed by atoms with Gasteiger partial charge in [0, 0.05) is 25.4 Å². The average Bonchev–Trinajstić information content (AvgIpc) is 3.46. The summed E-state index contributed by atoms with van der Waals surface area (Å²) in [4.78, 5) is 42.7. The van der Waals surface area contributed by atoms with Gasteiger partial charge in [0.05, 0.1) is 12.1 Å². The molecule has 1 heterocycles. The number of benzene rings is 2. The number of carbonyl (C=O) groups is 3. The Hall–Kier alpha value is -2.81. The molecule has 1 fully saturated rings. The van der Waals surface area contributed by atoms with Crippen LogP contribution in [0, 0.1) is 5.92 Å². The molecule has 0 spiro atoms. The molecule has 0 aromatic heterocycles. The first-order valence-electron chi connectivity index (χ1n) is 13.6. The number of amides is 3. The Bertz CT molecular complexity index is 1050. The second-order valence-electron chi connectivity index (χ2n) is 10.0. The highest BCUT2D eigenvalue weighted by molar-refractivity contribution is 6.03. The number of carbonyl (C=O) groups excluding carboxylic acids is 3. The normalized spacial score (nSPS) is 17.1. The minimum Gasteiger partial charge on any atom is -0.390 e. The van der Waals surface area contributed by atoms with Gasteiger partial charge in [-0.15, -0.1) is 0 Å². The van der Waals surface area contributed by atoms with Crippen LogP contribution in [-0.4, -0.2) is 65.5 Å². The second kappa shape index (κ2) is 14.2. The number of nitrogens with two attached hydrogens (primary N) is 1. The van der Waals surface area contributed by atoms with Crippen molar-refractivity contribution in [1.82, 2.24) is 15.5 Å². The maximum Gasteiger partial charge on any atom is 0.247 e. The standard InChI is InChI=1S/C29H42N4O4/c1-3-8-22(9-4-2)28(36)33(29(37)25-12-7-15-31-25)26(27(35)32-19-24(34)18-30)17-20-13-14-21-10-5-6-11-23(21)16-20/h5-6,10-11,13-14,16,22,24-26,31,34H,3-4,7-9,12,15,17-19,30H2,1-2H3,(H,32,35)/t24?,25-,26+/m0/s1. The van der Waals surface area contributed by atoms with Gasteiger partial charge in [0.1, 0.15) is 6.04 Å². The van der Waals surface area contributed by atoms with Gasteiger partial charge in [-0.3, -0.25) is 19.3 Å². The molecule has 1 aliphatic rings. The molecule has 2 aromatic rings. The smallest absolute Gasteiger partial charge is 0.247 e. The van der Waals surface area contributed by atoms with Gasteiger partial charge in [-0.25, -0.2) is 0 Å². The number of fused-ring (bicyclic) bond motifs is 1. The first kappa shape index (κ1) is 28.8. The number of nitrogens with one attached hydrogen (secondary N) is 2. The number of nitrogens with zero attached hydrogens (tertiary/aromatic N) is 1. The molecule has 0 aliphatic carbocycles. The average molecular weight is 511 g/mol. The molecule has 0 radical (unpaired) electrons. The first-order valence-corrected chi connectivity index (χ1v) is 13.6. The number of rotatable bonds is 13. The third kappa shape index (κ3) is 7.60. The minimum atomic E-state index is -1.04. The van der Waals surface area contributed by atoms with Crippen molar-refractivity contribution in [2.75, 3.05) is 19.6 Å². The molecular formula is C29H42N4O4. The number of imide groups is 1. The van der Waals surface area contributed by atoms with Crippen molar-refractivity contribution >= 4 is 28.5 Å². The van der Waals surface area contributed by atoms with E-state index in [2.05, 4.69) is 10.6 Å². The van der Waals surface area contributed by atoms with Crippen molar-refractivity contribution in [2.24, 2.45) is 11.7 Å². The van der Waals surface area contributed by atoms with Gasteiger partial charge in [-0.1, -0.05) is 69.2 Å². The molecule has 1 saturated heterocycles. The van der Waals surface area contributed by atoms with E-state index in [9.17, 15) is 19.5 Å². The van der Waals surface area contributed by atoms with Crippen LogP contribution in [-0.2, 0) is 20.8 Å². The number of aliphatic hydroxyl groups excluding tert-OH is 1. The van der Waals surface area contributed by atoms with Crippen molar-refractivity contribution in [2.45, 2.75) is 77.0 Å². The third-order valence-electron chi connectivity index (χ3n) is 7.10. The van der Waals surface area contributed by atoms with Gasteiger partial charge in [0.2, 0.25) is 17.7 Å². The molecule has 0 bridgehead atoms. The number of hydrogen-bond acceptors (Lipinski definition) is 6. The Morgan fingerprint density at radius 1 is 1.11 bits per heavy atom. The lowest BCUT2D eigenvalue weighted by atomic mass is 9.93. The largest absolute Gasteiger partial charge is 0.390 e. The van der Waals surface area contributed by atoms with Gasteiger partial charge in [0.25, 0.3) is 0 Å². The van der Waals surface area contributed by atoms with Crippen molar-refractivity contribution in [3.8, 4) is 0 Å². The van der Waals surface area contributed by atoms with E-state index in [-0.39, 0.29) is 37.2 Å². The first-order chi connectivity index (χ1) is 17.9. The van der Waals surface area contributed by atoms with Crippen LogP contribution in [0.15, 0.2) is 42.5 Å². The quantitative estimate of drug-likeness (QED) is 0.328. The van der Waals surface area contributed by atoms with Crippen molar-refractivity contribution in [3.63, 3.8) is 0 Å². The van der Waals surface area contributed by atoms with Crippen LogP contribution in [0.4, 0.5) is 0 Å². The van der Waals surface area contributed by atoms with Crippen molar-refractivity contribution in [3.05, 3.63) is 48.0 Å². The van der Waals surface area contributed by atoms with E-state index in [0.717, 1.165) is 35.6 Å². The highest BCUT2D eigenvalue weighted by atomic mass is 16.3. The Morgan fingerprint density at radius 2 is 1.81 bits per heavy atom. The molecule has 8 nitrogen and oxygen atoms in total. The predicted octanol–water partition coefficient (Wildman–Crippen LogP) is 2.51. The number of hydrogen-bond donors (Lipinski definition) is 4. The predicted molar refractivity (Wildman–Crippen MR) is 146 cm³/mol. The summed E-state index contributed by atoms with van der Waals surface area (Å²) in [7, 11) is 0. The lowest BCUT2D eigenvalue weighted by molar-refractivity contribution is -0.155. The van der Waals surface area contributed by atoms with Crippen molar-refractivity contribution < 1.29 is 19.5 Å². The van der Waals surface area contributed by atoms with E-state index in [1.165, 1.54) is 4.90 Å². The van der Waals surface area contributed by atoms with E-state index in [1.807, 2.05) is 56.3 Å². The van der Waals surface area contributed by atoms with E-state index >= 15 is 0 Å². The topological polar surface area (TPSA) is 125 Å². The third-order valence-corrected chi connectivity index (χ3v) is 7.10. The molecule has 3 amide bonds. The molecule has 1 unspecified atom stereocenters. The molecule has 37 heavy (non-hydrogen) atoms. The van der Waals surface area contributed by atoms with Crippen LogP contribution in [0.3, 0.4) is 0 Å². The SMILES string of the molecule is CCCC(CCC)C(=O)N(C(=O)[C@@H]1CCCN1)[C@H](Cc1ccc2ccccc2c1)C(=O)NCC(O)CN. The maximum absolute atomic E-state index is 14.0. The van der Waals surface area contributed by atoms with Crippen LogP contribution < -0.4 is 16.4 Å². The lowest BCUT2D eigenvalue weighted by Crippen LogP contribution is -2.59. The summed E-state index contributed by atoms with van der Waals surface area (Å²) in [6.45, 7) is 4.70. The van der Waals surface area contributed by atoms with Gasteiger partial charge in [0.15, 0.2) is 0 Å². The minimum absolute atomic E-state index is 0.00172. The lowest BCUT2D eigenvalue weighted by Gasteiger charge is -2.34. The zero-order chi connectivity index (χ0) is 26.8. The van der Waals surface area contributed by atoms with Crippen LogP contribution >= 0.6 is 0 Å². The fourth-order valence-electron chi connectivity index (χ4n) is 5.07. The van der Waals surface area contributed by atoms with Gasteiger partial charge in [-0.2, -0.15) is 0 Å². The fraction of sp³-hybridized carbons (Fsp3) is 0.552. The van der Waals surface area contributed by atoms with Gasteiger partial charge in [-0.05, 0) is 48.6 Å². The van der Waals surface area contributed by atoms with E-state index in [1.54, 1.807) is 0 Å². The Balaban J connectivity index is 2.01. The van der Waals surface area contributed by atoms with Crippen LogP contribution in [0.25, 0.3) is 10.8 Å². The molecule has 3 atom stereocenters. The molecule has 5 N–H and O–H groups in total. The fourth-order valence-corrected chi connectivity index (χ4v) is 5.07. The molecule has 202 valence electrons. The molecule has 1 aliphatic heterocycles.